The van der Waals surface area contributed by atoms with Crippen LogP contribution in [0.4, 0.5) is 0 Å². The molecular weight excluding hydrogens is 431 g/mol. The van der Waals surface area contributed by atoms with Gasteiger partial charge in [-0.3, -0.25) is 0 Å². The molecule has 3 unspecified atom stereocenters. The summed E-state index contributed by atoms with van der Waals surface area (Å²) in [4.78, 5) is 0. The van der Waals surface area contributed by atoms with Crippen LogP contribution in [0.15, 0.2) is 36.2 Å². The Morgan fingerprint density at radius 3 is 2.92 bits per heavy atom. The fourth-order valence-electron chi connectivity index (χ4n) is 3.19. The van der Waals surface area contributed by atoms with Crippen LogP contribution in [0.5, 0.6) is 0 Å². The van der Waals surface area contributed by atoms with Crippen LogP contribution in [0, 0.1) is 0 Å². The normalized spacial score (nSPS) is 33.4. The average molecular weight is 463 g/mol. The summed E-state index contributed by atoms with van der Waals surface area (Å²) in [7, 11) is 0. The second kappa shape index (κ2) is 11.9. The molecule has 2 rings (SSSR count). The van der Waals surface area contributed by atoms with Crippen LogP contribution in [0.1, 0.15) is 32.1 Å². The molecule has 0 spiro atoms. The number of allylic oxidation sites excluding steroid dienone is 2. The summed E-state index contributed by atoms with van der Waals surface area (Å²) < 4.78 is 2.75. The van der Waals surface area contributed by atoms with Crippen molar-refractivity contribution in [1.29, 1.82) is 0 Å². The van der Waals surface area contributed by atoms with E-state index in [1.165, 1.54) is 0 Å². The van der Waals surface area contributed by atoms with Crippen LogP contribution in [0.25, 0.3) is 0 Å². The van der Waals surface area contributed by atoms with Crippen LogP contribution in [-0.2, 0) is 0 Å². The van der Waals surface area contributed by atoms with Gasteiger partial charge in [0.05, 0.1) is 0 Å². The Balaban J connectivity index is 2.02. The van der Waals surface area contributed by atoms with Gasteiger partial charge < -0.3 is 0 Å². The van der Waals surface area contributed by atoms with Crippen molar-refractivity contribution >= 4 is 0 Å². The summed E-state index contributed by atoms with van der Waals surface area (Å²) in [5.74, 6) is 0.597. The third kappa shape index (κ3) is 8.08. The van der Waals surface area contributed by atoms with Gasteiger partial charge in [-0.2, -0.15) is 0 Å². The molecule has 0 fully saturated rings. The van der Waals surface area contributed by atoms with Crippen molar-refractivity contribution in [3.05, 3.63) is 36.2 Å². The number of nitrogens with one attached hydrogen (secondary N) is 2. The van der Waals surface area contributed by atoms with E-state index in [0.29, 0.717) is 22.5 Å². The van der Waals surface area contributed by atoms with E-state index in [1.54, 1.807) is 0 Å². The number of halogens is 1. The van der Waals surface area contributed by atoms with E-state index >= 15 is 0 Å². The van der Waals surface area contributed by atoms with Gasteiger partial charge in [0, 0.05) is 0 Å². The molecule has 0 aromatic heterocycles. The molecule has 7 heteroatoms. The molecule has 2 aliphatic heterocycles. The van der Waals surface area contributed by atoms with Gasteiger partial charge in [0.1, 0.15) is 0 Å². The molecule has 0 aliphatic carbocycles. The second-order valence-corrected chi connectivity index (χ2v) is 9.28. The minimum absolute atomic E-state index is 0.00234. The molecule has 0 saturated heterocycles. The first-order chi connectivity index (χ1) is 12.2. The summed E-state index contributed by atoms with van der Waals surface area (Å²) in [6.07, 6.45) is 15.5. The number of hydrogen-bond acceptors (Lipinski definition) is 6. The van der Waals surface area contributed by atoms with E-state index in [-0.39, 0.29) is 34.1 Å². The Hall–Kier alpha value is -0.610. The maximum absolute atomic E-state index is 9.52. The molecular formula is C18H32IN4O2-. The summed E-state index contributed by atoms with van der Waals surface area (Å²) in [6.45, 7) is 2.11. The summed E-state index contributed by atoms with van der Waals surface area (Å²) in [5.41, 5.74) is 5.99. The van der Waals surface area contributed by atoms with Crippen molar-refractivity contribution in [3.8, 4) is 0 Å². The molecule has 2 bridgehead atoms. The molecule has 25 heavy (non-hydrogen) atoms. The topological polar surface area (TPSA) is 93.8 Å². The average Bonchev–Trinajstić information content (AvgIpc) is 2.61. The van der Waals surface area contributed by atoms with Crippen molar-refractivity contribution in [2.75, 3.05) is 24.3 Å². The standard InChI is InChI=1S/C18H32IN4O2/c20-18-10-2-1-6-15-8-5-9-16(21-15)12-23(19-14-25)11-4-3-7-17(13-24)22-18/h1-2,5,8,10,15-17,21-22,24-25H,3-4,6-7,9,11-14,20H2/q-1/b2-1-,18-10+. The Kier molecular flexibility index (Phi) is 9.85. The van der Waals surface area contributed by atoms with Gasteiger partial charge >= 0.3 is 162 Å². The fourth-order valence-corrected chi connectivity index (χ4v) is 5.05. The number of nitrogens with two attached hydrogens (primary N) is 1. The van der Waals surface area contributed by atoms with Crippen LogP contribution in [0.3, 0.4) is 0 Å². The first kappa shape index (κ1) is 20.7. The molecule has 0 aromatic carbocycles. The Morgan fingerprint density at radius 1 is 1.24 bits per heavy atom. The fraction of sp³-hybridized carbons (Fsp3) is 0.667. The number of hydrogen-bond donors (Lipinski definition) is 5. The van der Waals surface area contributed by atoms with Crippen molar-refractivity contribution in [2.45, 2.75) is 50.2 Å². The quantitative estimate of drug-likeness (QED) is 0.137. The number of aliphatic hydroxyl groups is 2. The summed E-state index contributed by atoms with van der Waals surface area (Å²) >= 11 is -0.312. The molecule has 6 nitrogen and oxygen atoms in total. The van der Waals surface area contributed by atoms with Crippen LogP contribution in [0.2, 0.25) is 0 Å². The number of alkyl halides is 1. The van der Waals surface area contributed by atoms with Gasteiger partial charge in [-0.25, -0.2) is 0 Å². The number of fused-ring (bicyclic) bond motifs is 2. The predicted octanol–water partition coefficient (Wildman–Crippen LogP) is -2.59. The van der Waals surface area contributed by atoms with Crippen LogP contribution >= 0.6 is 0 Å². The van der Waals surface area contributed by atoms with E-state index < -0.39 is 0 Å². The van der Waals surface area contributed by atoms with Crippen molar-refractivity contribution in [2.24, 2.45) is 5.73 Å². The van der Waals surface area contributed by atoms with E-state index in [2.05, 4.69) is 32.0 Å². The molecule has 2 heterocycles. The summed E-state index contributed by atoms with van der Waals surface area (Å²) in [6, 6.07) is 0.808. The molecule has 6 N–H and O–H groups in total. The van der Waals surface area contributed by atoms with Gasteiger partial charge in [0.25, 0.3) is 0 Å². The Morgan fingerprint density at radius 2 is 2.12 bits per heavy atom. The van der Waals surface area contributed by atoms with Crippen molar-refractivity contribution in [3.63, 3.8) is 0 Å². The maximum atomic E-state index is 9.52. The number of nitrogens with zero attached hydrogens (tertiary/aromatic N) is 1. The molecule has 2 aliphatic rings. The molecule has 0 amide bonds. The minimum atomic E-state index is -0.312. The van der Waals surface area contributed by atoms with Crippen LogP contribution < -0.4 is 37.8 Å². The zero-order chi connectivity index (χ0) is 17.9. The third-order valence-corrected chi connectivity index (χ3v) is 6.62. The Bertz CT molecular complexity index is 470. The molecule has 0 saturated carbocycles. The van der Waals surface area contributed by atoms with E-state index in [1.807, 2.05) is 12.2 Å². The first-order valence-corrected chi connectivity index (χ1v) is 11.6. The SMILES string of the molecule is N/C1=C\C=C/CC2C=CCC(CN([I-]CO)CCCCC(CO)N1)N2. The second-order valence-electron chi connectivity index (χ2n) is 6.55. The molecule has 0 radical (unpaired) electrons. The molecule has 3 atom stereocenters. The van der Waals surface area contributed by atoms with Gasteiger partial charge in [-0.15, -0.1) is 0 Å². The predicted molar refractivity (Wildman–Crippen MR) is 97.0 cm³/mol. The number of rotatable bonds is 3. The van der Waals surface area contributed by atoms with Gasteiger partial charge in [-0.1, -0.05) is 0 Å². The first-order valence-electron chi connectivity index (χ1n) is 9.09. The molecule has 144 valence electrons. The van der Waals surface area contributed by atoms with Gasteiger partial charge in [-0.05, 0) is 0 Å². The third-order valence-electron chi connectivity index (χ3n) is 4.48. The number of aliphatic hydroxyl groups excluding tert-OH is 2. The monoisotopic (exact) mass is 463 g/mol. The van der Waals surface area contributed by atoms with Crippen molar-refractivity contribution < 1.29 is 31.7 Å². The zero-order valence-electron chi connectivity index (χ0n) is 14.8. The zero-order valence-corrected chi connectivity index (χ0v) is 16.9. The molecule has 0 aromatic rings. The Labute approximate surface area is 161 Å². The van der Waals surface area contributed by atoms with E-state index in [0.717, 1.165) is 45.2 Å². The van der Waals surface area contributed by atoms with Crippen molar-refractivity contribution in [1.82, 2.24) is 13.7 Å². The van der Waals surface area contributed by atoms with Gasteiger partial charge in [0.2, 0.25) is 0 Å². The van der Waals surface area contributed by atoms with E-state index in [9.17, 15) is 10.2 Å². The van der Waals surface area contributed by atoms with Gasteiger partial charge in [0.15, 0.2) is 0 Å². The summed E-state index contributed by atoms with van der Waals surface area (Å²) in [5, 5.41) is 25.8. The van der Waals surface area contributed by atoms with E-state index in [4.69, 9.17) is 5.73 Å². The van der Waals surface area contributed by atoms with Crippen LogP contribution in [-0.4, -0.2) is 55.8 Å².